The Labute approximate surface area is 548 Å². The monoisotopic (exact) mass is 1380 g/mol. The fraction of sp³-hybridized carbons (Fsp3) is 0.534. The highest BCUT2D eigenvalue weighted by atomic mass is 33.1. The molecule has 0 spiro atoms. The first-order chi connectivity index (χ1) is 40.6. The summed E-state index contributed by atoms with van der Waals surface area (Å²) in [7, 11) is 6.18. The summed E-state index contributed by atoms with van der Waals surface area (Å²) in [5.41, 5.74) is 1.42. The average Bonchev–Trinajstić information content (AvgIpc) is 0.917. The van der Waals surface area contributed by atoms with E-state index in [1.165, 1.54) is 45.1 Å². The molecule has 4 fully saturated rings. The van der Waals surface area contributed by atoms with Crippen molar-refractivity contribution in [2.45, 2.75) is 150 Å². The molecule has 86 heavy (non-hydrogen) atoms. The van der Waals surface area contributed by atoms with Crippen molar-refractivity contribution in [3.05, 3.63) is 121 Å². The van der Waals surface area contributed by atoms with Crippen LogP contribution in [0.4, 0.5) is 0 Å². The van der Waals surface area contributed by atoms with Gasteiger partial charge in [0.2, 0.25) is 6.29 Å². The van der Waals surface area contributed by atoms with Crippen LogP contribution in [0.3, 0.4) is 0 Å². The van der Waals surface area contributed by atoms with Gasteiger partial charge < -0.3 is 62.7 Å². The van der Waals surface area contributed by atoms with E-state index < -0.39 is 96.6 Å². The molecule has 3 N–H and O–H groups in total. The van der Waals surface area contributed by atoms with Crippen molar-refractivity contribution in [3.63, 3.8) is 0 Å². The quantitative estimate of drug-likeness (QED) is 0.0195. The fourth-order valence-electron chi connectivity index (χ4n) is 8.55. The fourth-order valence-corrected chi connectivity index (χ4v) is 17.6. The summed E-state index contributed by atoms with van der Waals surface area (Å²) in [6.07, 6.45) is -11.5. The highest BCUT2D eigenvalue weighted by Crippen LogP contribution is 2.43. The Balaban J connectivity index is 0.000000498. The number of thiocarbonyl (C=S) groups is 2. The van der Waals surface area contributed by atoms with Crippen LogP contribution in [0, 0.1) is 5.92 Å². The molecule has 2 aromatic heterocycles. The van der Waals surface area contributed by atoms with Gasteiger partial charge in [0.25, 0.3) is 0 Å². The number of aliphatic hydroxyl groups excluding tert-OH is 3. The van der Waals surface area contributed by atoms with Gasteiger partial charge in [-0.15, -0.1) is 23.5 Å². The van der Waals surface area contributed by atoms with Crippen molar-refractivity contribution < 1.29 is 77.1 Å². The first kappa shape index (κ1) is 74.5. The van der Waals surface area contributed by atoms with Crippen LogP contribution in [0.15, 0.2) is 120 Å². The highest BCUT2D eigenvalue weighted by molar-refractivity contribution is 8.77. The number of esters is 3. The molecule has 0 aliphatic carbocycles. The second kappa shape index (κ2) is 38.5. The van der Waals surface area contributed by atoms with Crippen molar-refractivity contribution in [3.8, 4) is 0 Å². The zero-order valence-electron chi connectivity index (χ0n) is 46.5. The van der Waals surface area contributed by atoms with E-state index in [-0.39, 0.29) is 52.3 Å². The highest BCUT2D eigenvalue weighted by Gasteiger charge is 2.56. The number of fused-ring (bicyclic) bond motifs is 2. The van der Waals surface area contributed by atoms with E-state index in [9.17, 15) is 29.7 Å². The van der Waals surface area contributed by atoms with Gasteiger partial charge in [0.1, 0.15) is 83.0 Å². The van der Waals surface area contributed by atoms with Crippen LogP contribution in [0.1, 0.15) is 79.6 Å². The standard InChI is InChI=1S/C43H51NO14S5.C13H17NO2S5.2CH4/c1-4-60-42(59)62-43(3,21-24(2)36(48)50-19-20-61-63-29-17-11-12-18-44-29)41(49)57-35-32(47)34-28(23-52-38(56-34)26-15-9-6-10-16-26)54-40(35)58-39-31(46)30(45)33-27(53-39)22-51-37(55-33)25-13-7-5-8-14-25;1-3-18-13(17)20-10(2)12(15)16-8-9-19-21-11-6-4-5-7-14-11;;/h5-18,24,27-28,30-35,37-40,45-47H,4,19-23H2,1-3H3;4-7,10H,3,8-9H2,1-2H3;2*1H4/t24?,27-,28-,30-,31-,32+,33-,34-,35-,37?,38?,39-,40-,43?;;;/m1.../s1. The van der Waals surface area contributed by atoms with Crippen molar-refractivity contribution in [1.82, 2.24) is 9.97 Å². The normalized spacial score (nSPS) is 26.3. The molecule has 0 bridgehead atoms. The van der Waals surface area contributed by atoms with E-state index in [2.05, 4.69) is 9.97 Å². The van der Waals surface area contributed by atoms with Gasteiger partial charge in [-0.25, -0.2) is 9.97 Å². The van der Waals surface area contributed by atoms with Crippen LogP contribution in [0.2, 0.25) is 0 Å². The van der Waals surface area contributed by atoms with Crippen molar-refractivity contribution in [2.24, 2.45) is 5.92 Å². The van der Waals surface area contributed by atoms with Crippen LogP contribution >= 0.6 is 115 Å². The second-order valence-corrected chi connectivity index (χ2v) is 31.6. The first-order valence-corrected chi connectivity index (χ1v) is 36.0. The smallest absolute Gasteiger partial charge is 0.322 e. The summed E-state index contributed by atoms with van der Waals surface area (Å²) in [6, 6.07) is 29.7. The Morgan fingerprint density at radius 3 is 1.65 bits per heavy atom. The maximum atomic E-state index is 14.6. The maximum absolute atomic E-state index is 14.6. The molecule has 4 aromatic rings. The molecule has 18 nitrogen and oxygen atoms in total. The van der Waals surface area contributed by atoms with Crippen molar-refractivity contribution in [1.29, 1.82) is 0 Å². The number of aliphatic hydroxyl groups is 3. The van der Waals surface area contributed by atoms with Crippen LogP contribution in [0.25, 0.3) is 0 Å². The molecule has 4 aliphatic heterocycles. The Kier molecular flexibility index (Phi) is 33.4. The Morgan fingerprint density at radius 2 is 1.14 bits per heavy atom. The summed E-state index contributed by atoms with van der Waals surface area (Å²) >= 11 is 16.2. The van der Waals surface area contributed by atoms with E-state index in [0.717, 1.165) is 42.4 Å². The second-order valence-electron chi connectivity index (χ2n) is 19.0. The zero-order valence-corrected chi connectivity index (χ0v) is 54.6. The Morgan fingerprint density at radius 1 is 0.651 bits per heavy atom. The number of carbonyl (C=O) groups excluding carboxylic acids is 3. The van der Waals surface area contributed by atoms with Crippen molar-refractivity contribution in [2.75, 3.05) is 49.4 Å². The number of nitrogens with zero attached hydrogens (tertiary/aromatic N) is 2. The number of pyridine rings is 2. The lowest BCUT2D eigenvalue weighted by molar-refractivity contribution is -0.412. The van der Waals surface area contributed by atoms with E-state index in [4.69, 9.17) is 71.8 Å². The van der Waals surface area contributed by atoms with Gasteiger partial charge in [-0.05, 0) is 77.6 Å². The zero-order chi connectivity index (χ0) is 60.0. The molecule has 0 saturated carbocycles. The van der Waals surface area contributed by atoms with Crippen LogP contribution < -0.4 is 0 Å². The van der Waals surface area contributed by atoms with Gasteiger partial charge in [-0.3, -0.25) is 14.4 Å². The summed E-state index contributed by atoms with van der Waals surface area (Å²) < 4.78 is 59.7. The molecule has 6 heterocycles. The number of ether oxygens (including phenoxy) is 10. The summed E-state index contributed by atoms with van der Waals surface area (Å²) in [5.74, 6) is 0.499. The van der Waals surface area contributed by atoms with E-state index in [1.807, 2.05) is 118 Å². The SMILES string of the molecule is C.C.CCSC(=S)SC(C)(CC(C)C(=O)OCCSSc1ccccn1)C(=O)O[C@H]1[C@@H](O[C@H]2O[C@@H]3COC(c4ccccc4)O[C@H]3[C@H](O)[C@H]2O)O[C@@H]2COC(c3ccccc3)O[C@H]2[C@@H]1O.CCSC(=S)SC(C)C(=O)OCCSSc1ccccn1. The number of hydrogen-bond donors (Lipinski definition) is 3. The summed E-state index contributed by atoms with van der Waals surface area (Å²) in [5, 5.41) is 36.4. The lowest BCUT2D eigenvalue weighted by atomic mass is 9.95. The predicted molar refractivity (Wildman–Crippen MR) is 355 cm³/mol. The summed E-state index contributed by atoms with van der Waals surface area (Å²) in [4.78, 5) is 48.2. The molecule has 5 unspecified atom stereocenters. The number of aromatic nitrogens is 2. The van der Waals surface area contributed by atoms with Gasteiger partial charge >= 0.3 is 17.9 Å². The third kappa shape index (κ3) is 22.5. The largest absolute Gasteiger partial charge is 0.465 e. The molecule has 0 radical (unpaired) electrons. The molecule has 28 heteroatoms. The minimum absolute atomic E-state index is 0. The number of carbonyl (C=O) groups is 3. The Hall–Kier alpha value is -2.27. The van der Waals surface area contributed by atoms with Gasteiger partial charge in [-0.1, -0.05) is 178 Å². The van der Waals surface area contributed by atoms with Gasteiger partial charge in [0.15, 0.2) is 25.0 Å². The molecule has 4 saturated heterocycles. The molecule has 474 valence electrons. The molecule has 0 amide bonds. The third-order valence-electron chi connectivity index (χ3n) is 12.7. The van der Waals surface area contributed by atoms with Gasteiger partial charge in [-0.2, -0.15) is 0 Å². The minimum Gasteiger partial charge on any atom is -0.465 e. The van der Waals surface area contributed by atoms with Crippen molar-refractivity contribution >= 4 is 140 Å². The molecule has 15 atom stereocenters. The lowest BCUT2D eigenvalue weighted by Gasteiger charge is -2.50. The molecule has 4 aliphatic rings. The predicted octanol–water partition coefficient (Wildman–Crippen LogP) is 11.4. The van der Waals surface area contributed by atoms with Gasteiger partial charge in [0, 0.05) is 35.0 Å². The topological polar surface area (TPSA) is 230 Å². The average molecular weight is 1380 g/mol. The molecular weight excluding hydrogens is 1300 g/mol. The lowest BCUT2D eigenvalue weighted by Crippen LogP contribution is -2.67. The number of thioether (sulfide) groups is 4. The van der Waals surface area contributed by atoms with Crippen LogP contribution in [0.5, 0.6) is 0 Å². The van der Waals surface area contributed by atoms with E-state index in [1.54, 1.807) is 59.6 Å². The summed E-state index contributed by atoms with van der Waals surface area (Å²) in [6.45, 7) is 9.57. The Bertz CT molecular complexity index is 2670. The number of benzene rings is 2. The van der Waals surface area contributed by atoms with Gasteiger partial charge in [0.05, 0.1) is 19.1 Å². The molecular formula is C58H76N2O16S10. The number of rotatable bonds is 24. The maximum Gasteiger partial charge on any atom is 0.322 e. The minimum atomic E-state index is -1.67. The molecule has 2 aromatic carbocycles. The van der Waals surface area contributed by atoms with E-state index >= 15 is 0 Å². The van der Waals surface area contributed by atoms with E-state index in [0.29, 0.717) is 27.2 Å². The van der Waals surface area contributed by atoms with Crippen LogP contribution in [-0.4, -0.2) is 171 Å². The molecule has 8 rings (SSSR count). The third-order valence-corrected chi connectivity index (χ3v) is 22.3. The first-order valence-electron chi connectivity index (χ1n) is 26.9. The number of hydrogen-bond acceptors (Lipinski definition) is 28. The van der Waals surface area contributed by atoms with Crippen LogP contribution in [-0.2, 0) is 61.8 Å².